The van der Waals surface area contributed by atoms with Crippen molar-refractivity contribution in [1.29, 1.82) is 0 Å². The highest BCUT2D eigenvalue weighted by Gasteiger charge is 2.21. The van der Waals surface area contributed by atoms with Crippen LogP contribution in [0.5, 0.6) is 0 Å². The molecule has 2 unspecified atom stereocenters. The SMILES string of the molecule is CC(C)CCSCC(=O)NC1CCCNC1C. The number of thioether (sulfide) groups is 1. The van der Waals surface area contributed by atoms with Gasteiger partial charge in [0.15, 0.2) is 0 Å². The summed E-state index contributed by atoms with van der Waals surface area (Å²) in [6, 6.07) is 0.732. The second-order valence-electron chi connectivity index (χ2n) is 5.29. The molecule has 0 aromatic heterocycles. The molecule has 0 saturated carbocycles. The van der Waals surface area contributed by atoms with Crippen molar-refractivity contribution in [3.63, 3.8) is 0 Å². The zero-order valence-electron chi connectivity index (χ0n) is 11.3. The minimum Gasteiger partial charge on any atom is -0.351 e. The third kappa shape index (κ3) is 6.32. The van der Waals surface area contributed by atoms with E-state index in [4.69, 9.17) is 0 Å². The second kappa shape index (κ2) is 7.98. The Labute approximate surface area is 109 Å². The summed E-state index contributed by atoms with van der Waals surface area (Å²) >= 11 is 1.75. The Morgan fingerprint density at radius 1 is 1.53 bits per heavy atom. The topological polar surface area (TPSA) is 41.1 Å². The molecule has 17 heavy (non-hydrogen) atoms. The van der Waals surface area contributed by atoms with Gasteiger partial charge in [0, 0.05) is 12.1 Å². The van der Waals surface area contributed by atoms with Gasteiger partial charge in [-0.1, -0.05) is 13.8 Å². The molecule has 0 aliphatic carbocycles. The lowest BCUT2D eigenvalue weighted by molar-refractivity contribution is -0.119. The van der Waals surface area contributed by atoms with Gasteiger partial charge in [-0.25, -0.2) is 0 Å². The monoisotopic (exact) mass is 258 g/mol. The van der Waals surface area contributed by atoms with Gasteiger partial charge in [-0.05, 0) is 44.4 Å². The highest BCUT2D eigenvalue weighted by Crippen LogP contribution is 2.10. The van der Waals surface area contributed by atoms with Gasteiger partial charge >= 0.3 is 0 Å². The van der Waals surface area contributed by atoms with Crippen LogP contribution in [-0.2, 0) is 4.79 Å². The summed E-state index contributed by atoms with van der Waals surface area (Å²) in [5.41, 5.74) is 0. The molecule has 1 amide bonds. The first-order chi connectivity index (χ1) is 8.09. The van der Waals surface area contributed by atoms with E-state index in [1.165, 1.54) is 6.42 Å². The Morgan fingerprint density at radius 3 is 2.94 bits per heavy atom. The molecule has 1 aliphatic rings. The zero-order valence-corrected chi connectivity index (χ0v) is 12.1. The number of piperidine rings is 1. The summed E-state index contributed by atoms with van der Waals surface area (Å²) in [6.07, 6.45) is 3.46. The Balaban J connectivity index is 2.11. The summed E-state index contributed by atoms with van der Waals surface area (Å²) < 4.78 is 0. The first-order valence-electron chi connectivity index (χ1n) is 6.70. The van der Waals surface area contributed by atoms with Crippen LogP contribution in [0.15, 0.2) is 0 Å². The quantitative estimate of drug-likeness (QED) is 0.716. The van der Waals surface area contributed by atoms with E-state index in [1.807, 2.05) is 0 Å². The van der Waals surface area contributed by atoms with Gasteiger partial charge in [0.05, 0.1) is 5.75 Å². The van der Waals surface area contributed by atoms with Gasteiger partial charge in [0.25, 0.3) is 0 Å². The Hall–Kier alpha value is -0.220. The molecule has 4 heteroatoms. The van der Waals surface area contributed by atoms with Crippen molar-refractivity contribution >= 4 is 17.7 Å². The van der Waals surface area contributed by atoms with E-state index in [-0.39, 0.29) is 5.91 Å². The highest BCUT2D eigenvalue weighted by atomic mass is 32.2. The van der Waals surface area contributed by atoms with E-state index in [0.717, 1.165) is 31.1 Å². The van der Waals surface area contributed by atoms with Crippen LogP contribution >= 0.6 is 11.8 Å². The Bertz CT molecular complexity index is 233. The van der Waals surface area contributed by atoms with Crippen molar-refractivity contribution in [2.45, 2.75) is 52.1 Å². The van der Waals surface area contributed by atoms with Crippen molar-refractivity contribution in [1.82, 2.24) is 10.6 Å². The third-order valence-corrected chi connectivity index (χ3v) is 4.17. The summed E-state index contributed by atoms with van der Waals surface area (Å²) in [7, 11) is 0. The Morgan fingerprint density at radius 2 is 2.29 bits per heavy atom. The molecule has 1 aliphatic heterocycles. The average molecular weight is 258 g/mol. The predicted molar refractivity (Wildman–Crippen MR) is 75.4 cm³/mol. The predicted octanol–water partition coefficient (Wildman–Crippen LogP) is 2.02. The number of rotatable bonds is 6. The molecule has 1 rings (SSSR count). The van der Waals surface area contributed by atoms with E-state index in [1.54, 1.807) is 11.8 Å². The number of carbonyl (C=O) groups is 1. The van der Waals surface area contributed by atoms with Crippen LogP contribution in [-0.4, -0.2) is 36.0 Å². The number of nitrogens with one attached hydrogen (secondary N) is 2. The lowest BCUT2D eigenvalue weighted by Gasteiger charge is -2.30. The van der Waals surface area contributed by atoms with E-state index in [0.29, 0.717) is 17.8 Å². The van der Waals surface area contributed by atoms with Crippen LogP contribution in [0.2, 0.25) is 0 Å². The van der Waals surface area contributed by atoms with Crippen LogP contribution in [0.3, 0.4) is 0 Å². The third-order valence-electron chi connectivity index (χ3n) is 3.18. The maximum Gasteiger partial charge on any atom is 0.230 e. The number of hydrogen-bond donors (Lipinski definition) is 2. The van der Waals surface area contributed by atoms with Gasteiger partial charge in [-0.3, -0.25) is 4.79 Å². The largest absolute Gasteiger partial charge is 0.351 e. The van der Waals surface area contributed by atoms with Gasteiger partial charge in [-0.15, -0.1) is 0 Å². The second-order valence-corrected chi connectivity index (χ2v) is 6.40. The minimum absolute atomic E-state index is 0.194. The maximum atomic E-state index is 11.7. The van der Waals surface area contributed by atoms with Crippen molar-refractivity contribution in [3.05, 3.63) is 0 Å². The van der Waals surface area contributed by atoms with E-state index < -0.39 is 0 Å². The molecule has 0 aromatic rings. The minimum atomic E-state index is 0.194. The fourth-order valence-electron chi connectivity index (χ4n) is 1.97. The first-order valence-corrected chi connectivity index (χ1v) is 7.85. The van der Waals surface area contributed by atoms with Crippen LogP contribution in [0, 0.1) is 5.92 Å². The lowest BCUT2D eigenvalue weighted by atomic mass is 10.00. The van der Waals surface area contributed by atoms with Gasteiger partial charge in [-0.2, -0.15) is 11.8 Å². The molecule has 0 bridgehead atoms. The molecule has 1 saturated heterocycles. The maximum absolute atomic E-state index is 11.7. The van der Waals surface area contributed by atoms with E-state index in [2.05, 4.69) is 31.4 Å². The van der Waals surface area contributed by atoms with Crippen LogP contribution in [0.4, 0.5) is 0 Å². The number of hydrogen-bond acceptors (Lipinski definition) is 3. The molecule has 0 aromatic carbocycles. The molecule has 1 fully saturated rings. The first kappa shape index (κ1) is 14.8. The molecule has 2 atom stereocenters. The highest BCUT2D eigenvalue weighted by molar-refractivity contribution is 7.99. The fourth-order valence-corrected chi connectivity index (χ4v) is 3.02. The van der Waals surface area contributed by atoms with E-state index >= 15 is 0 Å². The summed E-state index contributed by atoms with van der Waals surface area (Å²) in [5, 5.41) is 6.53. The standard InChI is InChI=1S/C13H26N2OS/c1-10(2)6-8-17-9-13(16)15-12-5-4-7-14-11(12)3/h10-12,14H,4-9H2,1-3H3,(H,15,16). The van der Waals surface area contributed by atoms with Crippen LogP contribution in [0.25, 0.3) is 0 Å². The molecule has 100 valence electrons. The molecular formula is C13H26N2OS. The molecular weight excluding hydrogens is 232 g/mol. The molecule has 1 heterocycles. The van der Waals surface area contributed by atoms with Crippen LogP contribution < -0.4 is 10.6 Å². The van der Waals surface area contributed by atoms with Gasteiger partial charge < -0.3 is 10.6 Å². The molecule has 0 spiro atoms. The normalized spacial score (nSPS) is 24.9. The fraction of sp³-hybridized carbons (Fsp3) is 0.923. The average Bonchev–Trinajstić information content (AvgIpc) is 2.27. The zero-order chi connectivity index (χ0) is 12.7. The van der Waals surface area contributed by atoms with Crippen molar-refractivity contribution in [2.24, 2.45) is 5.92 Å². The summed E-state index contributed by atoms with van der Waals surface area (Å²) in [6.45, 7) is 7.67. The van der Waals surface area contributed by atoms with Crippen molar-refractivity contribution < 1.29 is 4.79 Å². The summed E-state index contributed by atoms with van der Waals surface area (Å²) in [5.74, 6) is 2.62. The summed E-state index contributed by atoms with van der Waals surface area (Å²) in [4.78, 5) is 11.7. The van der Waals surface area contributed by atoms with Crippen molar-refractivity contribution in [3.8, 4) is 0 Å². The number of carbonyl (C=O) groups excluding carboxylic acids is 1. The van der Waals surface area contributed by atoms with Gasteiger partial charge in [0.2, 0.25) is 5.91 Å². The molecule has 3 nitrogen and oxygen atoms in total. The molecule has 2 N–H and O–H groups in total. The van der Waals surface area contributed by atoms with Gasteiger partial charge in [0.1, 0.15) is 0 Å². The smallest absolute Gasteiger partial charge is 0.230 e. The number of amides is 1. The van der Waals surface area contributed by atoms with Crippen molar-refractivity contribution in [2.75, 3.05) is 18.1 Å². The molecule has 0 radical (unpaired) electrons. The van der Waals surface area contributed by atoms with Crippen LogP contribution in [0.1, 0.15) is 40.0 Å². The Kier molecular flexibility index (Phi) is 6.97. The van der Waals surface area contributed by atoms with E-state index in [9.17, 15) is 4.79 Å². The lowest BCUT2D eigenvalue weighted by Crippen LogP contribution is -2.52.